The zero-order valence-electron chi connectivity index (χ0n) is 9.31. The second kappa shape index (κ2) is 4.94. The Morgan fingerprint density at radius 3 is 3.06 bits per heavy atom. The van der Waals surface area contributed by atoms with Gasteiger partial charge < -0.3 is 14.6 Å². The summed E-state index contributed by atoms with van der Waals surface area (Å²) in [6, 6.07) is 3.66. The molecule has 1 aromatic rings. The Hall–Kier alpha value is -0.620. The van der Waals surface area contributed by atoms with Crippen molar-refractivity contribution in [3.8, 4) is 0 Å². The molecular weight excluding hydrogens is 264 g/mol. The molecule has 0 bridgehead atoms. The molecule has 0 spiro atoms. The third kappa shape index (κ3) is 2.98. The van der Waals surface area contributed by atoms with Crippen LogP contribution < -0.4 is 0 Å². The highest BCUT2D eigenvalue weighted by molar-refractivity contribution is 7.16. The molecule has 94 valence electrons. The van der Waals surface area contributed by atoms with E-state index < -0.39 is 11.8 Å². The van der Waals surface area contributed by atoms with Crippen LogP contribution in [0.25, 0.3) is 0 Å². The molecule has 1 saturated heterocycles. The van der Waals surface area contributed by atoms with Crippen LogP contribution in [0.4, 0.5) is 0 Å². The highest BCUT2D eigenvalue weighted by Gasteiger charge is 2.39. The van der Waals surface area contributed by atoms with Crippen molar-refractivity contribution in [1.82, 2.24) is 0 Å². The van der Waals surface area contributed by atoms with Gasteiger partial charge in [0.25, 0.3) is 0 Å². The van der Waals surface area contributed by atoms with Crippen molar-refractivity contribution in [3.63, 3.8) is 0 Å². The minimum absolute atomic E-state index is 0.0926. The van der Waals surface area contributed by atoms with Crippen LogP contribution in [0.2, 0.25) is 4.34 Å². The lowest BCUT2D eigenvalue weighted by Crippen LogP contribution is -2.22. The van der Waals surface area contributed by atoms with E-state index in [1.807, 2.05) is 13.0 Å². The molecule has 2 rings (SSSR count). The first-order valence-corrected chi connectivity index (χ1v) is 6.48. The van der Waals surface area contributed by atoms with Crippen LogP contribution in [0.5, 0.6) is 0 Å². The fraction of sp³-hybridized carbons (Fsp3) is 0.545. The topological polar surface area (TPSA) is 55.8 Å². The highest BCUT2D eigenvalue weighted by atomic mass is 35.5. The summed E-state index contributed by atoms with van der Waals surface area (Å²) in [4.78, 5) is 11.4. The Kier molecular flexibility index (Phi) is 3.73. The van der Waals surface area contributed by atoms with E-state index in [2.05, 4.69) is 0 Å². The van der Waals surface area contributed by atoms with Crippen molar-refractivity contribution >= 4 is 28.9 Å². The number of rotatable bonds is 4. The van der Waals surface area contributed by atoms with Gasteiger partial charge in [-0.3, -0.25) is 4.79 Å². The predicted octanol–water partition coefficient (Wildman–Crippen LogP) is 2.85. The maximum Gasteiger partial charge on any atom is 0.303 e. The Labute approximate surface area is 108 Å². The van der Waals surface area contributed by atoms with Gasteiger partial charge in [-0.1, -0.05) is 11.6 Å². The third-order valence-corrected chi connectivity index (χ3v) is 4.05. The second-order valence-corrected chi connectivity index (χ2v) is 5.75. The SMILES string of the molecule is CC1(c2ccc(Cl)s2)OCC(CCC(=O)O)O1. The number of ether oxygens (including phenoxy) is 2. The number of halogens is 1. The molecule has 0 aromatic carbocycles. The van der Waals surface area contributed by atoms with E-state index in [4.69, 9.17) is 26.2 Å². The van der Waals surface area contributed by atoms with E-state index in [-0.39, 0.29) is 12.5 Å². The van der Waals surface area contributed by atoms with Crippen LogP contribution in [-0.2, 0) is 20.1 Å². The van der Waals surface area contributed by atoms with Gasteiger partial charge in [-0.05, 0) is 25.5 Å². The first-order valence-electron chi connectivity index (χ1n) is 5.29. The van der Waals surface area contributed by atoms with E-state index in [0.29, 0.717) is 17.4 Å². The minimum Gasteiger partial charge on any atom is -0.481 e. The zero-order chi connectivity index (χ0) is 12.5. The summed E-state index contributed by atoms with van der Waals surface area (Å²) < 4.78 is 12.1. The second-order valence-electron chi connectivity index (χ2n) is 4.03. The van der Waals surface area contributed by atoms with Gasteiger partial charge in [0, 0.05) is 6.42 Å². The Morgan fingerprint density at radius 1 is 1.71 bits per heavy atom. The van der Waals surface area contributed by atoms with E-state index in [9.17, 15) is 4.79 Å². The van der Waals surface area contributed by atoms with Gasteiger partial charge in [0.15, 0.2) is 0 Å². The molecule has 6 heteroatoms. The number of hydrogen-bond donors (Lipinski definition) is 1. The van der Waals surface area contributed by atoms with Gasteiger partial charge in [-0.15, -0.1) is 11.3 Å². The normalized spacial score (nSPS) is 28.5. The summed E-state index contributed by atoms with van der Waals surface area (Å²) in [7, 11) is 0. The van der Waals surface area contributed by atoms with Crippen molar-refractivity contribution in [2.75, 3.05) is 6.61 Å². The van der Waals surface area contributed by atoms with Crippen molar-refractivity contribution in [3.05, 3.63) is 21.3 Å². The molecule has 1 N–H and O–H groups in total. The molecule has 0 saturated carbocycles. The van der Waals surface area contributed by atoms with Gasteiger partial charge in [0.05, 0.1) is 21.9 Å². The highest BCUT2D eigenvalue weighted by Crippen LogP contribution is 2.39. The molecule has 1 aromatic heterocycles. The molecule has 2 heterocycles. The Morgan fingerprint density at radius 2 is 2.47 bits per heavy atom. The number of carbonyl (C=O) groups is 1. The van der Waals surface area contributed by atoms with E-state index in [1.165, 1.54) is 11.3 Å². The fourth-order valence-corrected chi connectivity index (χ4v) is 2.84. The van der Waals surface area contributed by atoms with Crippen molar-refractivity contribution in [2.45, 2.75) is 31.7 Å². The average molecular weight is 277 g/mol. The first kappa shape index (κ1) is 12.8. The van der Waals surface area contributed by atoms with E-state index in [1.54, 1.807) is 6.07 Å². The lowest BCUT2D eigenvalue weighted by molar-refractivity contribution is -0.161. The van der Waals surface area contributed by atoms with Crippen LogP contribution in [0.15, 0.2) is 12.1 Å². The van der Waals surface area contributed by atoms with Crippen LogP contribution in [0.1, 0.15) is 24.6 Å². The van der Waals surface area contributed by atoms with Crippen LogP contribution in [-0.4, -0.2) is 23.8 Å². The van der Waals surface area contributed by atoms with Gasteiger partial charge >= 0.3 is 5.97 Å². The van der Waals surface area contributed by atoms with Gasteiger partial charge in [0.2, 0.25) is 5.79 Å². The zero-order valence-corrected chi connectivity index (χ0v) is 10.9. The molecule has 17 heavy (non-hydrogen) atoms. The lowest BCUT2D eigenvalue weighted by atomic mass is 10.2. The van der Waals surface area contributed by atoms with Crippen LogP contribution >= 0.6 is 22.9 Å². The van der Waals surface area contributed by atoms with Crippen molar-refractivity contribution in [2.24, 2.45) is 0 Å². The van der Waals surface area contributed by atoms with Gasteiger partial charge in [-0.25, -0.2) is 0 Å². The molecule has 0 amide bonds. The molecule has 4 nitrogen and oxygen atoms in total. The van der Waals surface area contributed by atoms with Gasteiger partial charge in [-0.2, -0.15) is 0 Å². The Bertz CT molecular complexity index is 419. The largest absolute Gasteiger partial charge is 0.481 e. The number of hydrogen-bond acceptors (Lipinski definition) is 4. The van der Waals surface area contributed by atoms with Crippen LogP contribution in [0.3, 0.4) is 0 Å². The fourth-order valence-electron chi connectivity index (χ4n) is 1.75. The van der Waals surface area contributed by atoms with E-state index in [0.717, 1.165) is 4.88 Å². The number of carboxylic acid groups (broad SMARTS) is 1. The molecule has 1 aliphatic heterocycles. The predicted molar refractivity (Wildman–Crippen MR) is 64.4 cm³/mol. The summed E-state index contributed by atoms with van der Waals surface area (Å²) in [5.41, 5.74) is 0. The lowest BCUT2D eigenvalue weighted by Gasteiger charge is -2.21. The Balaban J connectivity index is 1.98. The molecule has 2 unspecified atom stereocenters. The number of aliphatic carboxylic acids is 1. The smallest absolute Gasteiger partial charge is 0.303 e. The standard InChI is InChI=1S/C11H13ClO4S/c1-11(8-3-4-9(12)17-8)15-6-7(16-11)2-5-10(13)14/h3-4,7H,2,5-6H2,1H3,(H,13,14). The molecular formula is C11H13ClO4S. The average Bonchev–Trinajstić information content (AvgIpc) is 2.83. The molecule has 2 atom stereocenters. The summed E-state index contributed by atoms with van der Waals surface area (Å²) in [5, 5.41) is 8.61. The number of carboxylic acids is 1. The summed E-state index contributed by atoms with van der Waals surface area (Å²) >= 11 is 7.28. The molecule has 0 radical (unpaired) electrons. The summed E-state index contributed by atoms with van der Waals surface area (Å²) in [6.45, 7) is 2.25. The van der Waals surface area contributed by atoms with Crippen molar-refractivity contribution in [1.29, 1.82) is 0 Å². The maximum atomic E-state index is 10.5. The quantitative estimate of drug-likeness (QED) is 0.919. The first-order chi connectivity index (χ1) is 7.99. The number of thiophene rings is 1. The molecule has 1 aliphatic rings. The summed E-state index contributed by atoms with van der Waals surface area (Å²) in [5.74, 6) is -1.61. The summed E-state index contributed by atoms with van der Waals surface area (Å²) in [6.07, 6.45) is 0.385. The molecule has 0 aliphatic carbocycles. The monoisotopic (exact) mass is 276 g/mol. The maximum absolute atomic E-state index is 10.5. The minimum atomic E-state index is -0.818. The third-order valence-electron chi connectivity index (χ3n) is 2.64. The van der Waals surface area contributed by atoms with Crippen molar-refractivity contribution < 1.29 is 19.4 Å². The molecule has 1 fully saturated rings. The van der Waals surface area contributed by atoms with Crippen LogP contribution in [0, 0.1) is 0 Å². The van der Waals surface area contributed by atoms with E-state index >= 15 is 0 Å². The van der Waals surface area contributed by atoms with Gasteiger partial charge in [0.1, 0.15) is 0 Å².